The molecule has 0 unspecified atom stereocenters. The Hall–Kier alpha value is -1.69. The molecule has 0 saturated carbocycles. The average Bonchev–Trinajstić information content (AvgIpc) is 2.48. The molecule has 0 aromatic carbocycles. The van der Waals surface area contributed by atoms with E-state index in [1.54, 1.807) is 12.1 Å². The highest BCUT2D eigenvalue weighted by atomic mass is 16.2. The van der Waals surface area contributed by atoms with Crippen LogP contribution >= 0.6 is 0 Å². The van der Waals surface area contributed by atoms with Crippen LogP contribution in [0.1, 0.15) is 31.3 Å². The first-order valence-electron chi connectivity index (χ1n) is 7.69. The summed E-state index contributed by atoms with van der Waals surface area (Å²) >= 11 is 0. The standard InChI is InChI=1S/C15H25N5O/c1-4-16-14-6-5-13(17-18-14)15(21)20-9-7-19(8-10-20)11-12(2)3/h5-6,12H,4,7-11H2,1-3H3,(H,16,18). The van der Waals surface area contributed by atoms with Crippen LogP contribution in [0.15, 0.2) is 12.1 Å². The van der Waals surface area contributed by atoms with Gasteiger partial charge >= 0.3 is 0 Å². The fraction of sp³-hybridized carbons (Fsp3) is 0.667. The molecule has 0 aliphatic carbocycles. The number of rotatable bonds is 5. The second-order valence-electron chi connectivity index (χ2n) is 5.82. The Morgan fingerprint density at radius 1 is 1.24 bits per heavy atom. The van der Waals surface area contributed by atoms with E-state index in [-0.39, 0.29) is 5.91 Å². The SMILES string of the molecule is CCNc1ccc(C(=O)N2CCN(CC(C)C)CC2)nn1. The minimum atomic E-state index is -0.0188. The minimum Gasteiger partial charge on any atom is -0.369 e. The molecule has 0 spiro atoms. The van der Waals surface area contributed by atoms with Crippen LogP contribution in [-0.4, -0.2) is 65.2 Å². The van der Waals surface area contributed by atoms with E-state index in [1.807, 2.05) is 11.8 Å². The van der Waals surface area contributed by atoms with Gasteiger partial charge in [-0.15, -0.1) is 10.2 Å². The number of hydrogen-bond acceptors (Lipinski definition) is 5. The second kappa shape index (κ2) is 7.36. The summed E-state index contributed by atoms with van der Waals surface area (Å²) < 4.78 is 0. The summed E-state index contributed by atoms with van der Waals surface area (Å²) in [5.74, 6) is 1.35. The molecule has 1 aromatic rings. The molecule has 2 rings (SSSR count). The highest BCUT2D eigenvalue weighted by Gasteiger charge is 2.23. The van der Waals surface area contributed by atoms with Crippen molar-refractivity contribution in [3.8, 4) is 0 Å². The lowest BCUT2D eigenvalue weighted by atomic mass is 10.2. The van der Waals surface area contributed by atoms with Gasteiger partial charge in [-0.3, -0.25) is 9.69 Å². The van der Waals surface area contributed by atoms with Crippen LogP contribution in [0.2, 0.25) is 0 Å². The van der Waals surface area contributed by atoms with Crippen LogP contribution < -0.4 is 5.32 Å². The lowest BCUT2D eigenvalue weighted by Crippen LogP contribution is -2.49. The molecule has 1 aliphatic rings. The van der Waals surface area contributed by atoms with Crippen molar-refractivity contribution in [2.75, 3.05) is 44.6 Å². The van der Waals surface area contributed by atoms with E-state index in [2.05, 4.69) is 34.3 Å². The van der Waals surface area contributed by atoms with Crippen LogP contribution in [0.3, 0.4) is 0 Å². The Morgan fingerprint density at radius 3 is 2.48 bits per heavy atom. The fourth-order valence-electron chi connectivity index (χ4n) is 2.53. The summed E-state index contributed by atoms with van der Waals surface area (Å²) in [5, 5.41) is 11.1. The Kier molecular flexibility index (Phi) is 5.50. The third-order valence-electron chi connectivity index (χ3n) is 3.52. The van der Waals surface area contributed by atoms with Gasteiger partial charge in [0, 0.05) is 39.3 Å². The lowest BCUT2D eigenvalue weighted by Gasteiger charge is -2.35. The predicted molar refractivity (Wildman–Crippen MR) is 83.4 cm³/mol. The number of carbonyl (C=O) groups excluding carboxylic acids is 1. The van der Waals surface area contributed by atoms with E-state index in [1.165, 1.54) is 0 Å². The maximum atomic E-state index is 12.4. The molecule has 0 radical (unpaired) electrons. The quantitative estimate of drug-likeness (QED) is 0.886. The highest BCUT2D eigenvalue weighted by molar-refractivity contribution is 5.92. The summed E-state index contributed by atoms with van der Waals surface area (Å²) in [7, 11) is 0. The van der Waals surface area contributed by atoms with E-state index in [0.29, 0.717) is 17.4 Å². The number of nitrogens with one attached hydrogen (secondary N) is 1. The van der Waals surface area contributed by atoms with Gasteiger partial charge in [-0.2, -0.15) is 0 Å². The van der Waals surface area contributed by atoms with E-state index in [0.717, 1.165) is 39.3 Å². The smallest absolute Gasteiger partial charge is 0.274 e. The molecule has 0 atom stereocenters. The largest absolute Gasteiger partial charge is 0.369 e. The monoisotopic (exact) mass is 291 g/mol. The van der Waals surface area contributed by atoms with E-state index >= 15 is 0 Å². The van der Waals surface area contributed by atoms with Crippen molar-refractivity contribution < 1.29 is 4.79 Å². The van der Waals surface area contributed by atoms with Crippen molar-refractivity contribution in [3.63, 3.8) is 0 Å². The average molecular weight is 291 g/mol. The molecule has 6 heteroatoms. The molecule has 1 fully saturated rings. The zero-order valence-corrected chi connectivity index (χ0v) is 13.2. The molecule has 1 aromatic heterocycles. The van der Waals surface area contributed by atoms with Crippen LogP contribution in [-0.2, 0) is 0 Å². The first kappa shape index (κ1) is 15.7. The van der Waals surface area contributed by atoms with Crippen LogP contribution in [0.4, 0.5) is 5.82 Å². The molecule has 1 saturated heterocycles. The zero-order chi connectivity index (χ0) is 15.2. The molecular formula is C15H25N5O. The highest BCUT2D eigenvalue weighted by Crippen LogP contribution is 2.09. The Morgan fingerprint density at radius 2 is 1.95 bits per heavy atom. The zero-order valence-electron chi connectivity index (χ0n) is 13.2. The van der Waals surface area contributed by atoms with Crippen molar-refractivity contribution in [2.45, 2.75) is 20.8 Å². The topological polar surface area (TPSA) is 61.4 Å². The first-order valence-corrected chi connectivity index (χ1v) is 7.69. The Bertz CT molecular complexity index is 452. The lowest BCUT2D eigenvalue weighted by molar-refractivity contribution is 0.0617. The van der Waals surface area contributed by atoms with Gasteiger partial charge in [0.1, 0.15) is 5.82 Å². The molecule has 1 N–H and O–H groups in total. The molecule has 116 valence electrons. The number of aromatic nitrogens is 2. The van der Waals surface area contributed by atoms with Gasteiger partial charge in [0.25, 0.3) is 5.91 Å². The van der Waals surface area contributed by atoms with Gasteiger partial charge in [0.15, 0.2) is 5.69 Å². The Labute approximate surface area is 126 Å². The number of nitrogens with zero attached hydrogens (tertiary/aromatic N) is 4. The summed E-state index contributed by atoms with van der Waals surface area (Å²) in [5.41, 5.74) is 0.425. The third-order valence-corrected chi connectivity index (χ3v) is 3.52. The van der Waals surface area contributed by atoms with Crippen molar-refractivity contribution in [1.82, 2.24) is 20.0 Å². The van der Waals surface area contributed by atoms with E-state index in [4.69, 9.17) is 0 Å². The summed E-state index contributed by atoms with van der Waals surface area (Å²) in [4.78, 5) is 16.7. The molecule has 2 heterocycles. The first-order chi connectivity index (χ1) is 10.1. The van der Waals surface area contributed by atoms with Gasteiger partial charge in [0.05, 0.1) is 0 Å². The number of carbonyl (C=O) groups is 1. The minimum absolute atomic E-state index is 0.0188. The fourth-order valence-corrected chi connectivity index (χ4v) is 2.53. The van der Waals surface area contributed by atoms with Gasteiger partial charge in [-0.05, 0) is 25.0 Å². The Balaban J connectivity index is 1.89. The van der Waals surface area contributed by atoms with Crippen molar-refractivity contribution >= 4 is 11.7 Å². The molecule has 6 nitrogen and oxygen atoms in total. The molecule has 1 amide bonds. The second-order valence-corrected chi connectivity index (χ2v) is 5.82. The molecule has 1 aliphatic heterocycles. The van der Waals surface area contributed by atoms with Crippen molar-refractivity contribution in [2.24, 2.45) is 5.92 Å². The summed E-state index contributed by atoms with van der Waals surface area (Å²) in [6.07, 6.45) is 0. The molecule has 0 bridgehead atoms. The predicted octanol–water partition coefficient (Wildman–Crippen LogP) is 1.32. The van der Waals surface area contributed by atoms with Crippen LogP contribution in [0, 0.1) is 5.92 Å². The number of piperazine rings is 1. The maximum Gasteiger partial charge on any atom is 0.274 e. The van der Waals surface area contributed by atoms with Crippen molar-refractivity contribution in [3.05, 3.63) is 17.8 Å². The number of hydrogen-bond donors (Lipinski definition) is 1. The molecule has 21 heavy (non-hydrogen) atoms. The van der Waals surface area contributed by atoms with Gasteiger partial charge in [0.2, 0.25) is 0 Å². The normalized spacial score (nSPS) is 16.3. The van der Waals surface area contributed by atoms with E-state index < -0.39 is 0 Å². The van der Waals surface area contributed by atoms with Gasteiger partial charge in [-0.1, -0.05) is 13.8 Å². The van der Waals surface area contributed by atoms with Crippen LogP contribution in [0.5, 0.6) is 0 Å². The molecular weight excluding hydrogens is 266 g/mol. The van der Waals surface area contributed by atoms with Gasteiger partial charge in [-0.25, -0.2) is 0 Å². The van der Waals surface area contributed by atoms with Gasteiger partial charge < -0.3 is 10.2 Å². The summed E-state index contributed by atoms with van der Waals surface area (Å²) in [6.45, 7) is 11.7. The number of anilines is 1. The van der Waals surface area contributed by atoms with Crippen molar-refractivity contribution in [1.29, 1.82) is 0 Å². The number of amides is 1. The van der Waals surface area contributed by atoms with E-state index in [9.17, 15) is 4.79 Å². The third kappa shape index (κ3) is 4.39. The summed E-state index contributed by atoms with van der Waals surface area (Å²) in [6, 6.07) is 3.55. The maximum absolute atomic E-state index is 12.4. The van der Waals surface area contributed by atoms with Crippen LogP contribution in [0.25, 0.3) is 0 Å².